The van der Waals surface area contributed by atoms with E-state index in [9.17, 15) is 18.3 Å². The number of nitrogens with zero attached hydrogens (tertiary/aromatic N) is 1. The van der Waals surface area contributed by atoms with Crippen molar-refractivity contribution in [3.63, 3.8) is 0 Å². The van der Waals surface area contributed by atoms with Gasteiger partial charge in [-0.15, -0.1) is 11.3 Å². The van der Waals surface area contributed by atoms with Gasteiger partial charge in [-0.3, -0.25) is 9.89 Å². The molecule has 2 aromatic heterocycles. The average Bonchev–Trinajstić information content (AvgIpc) is 2.94. The number of aromatic amines is 1. The van der Waals surface area contributed by atoms with Crippen LogP contribution in [0.1, 0.15) is 28.6 Å². The van der Waals surface area contributed by atoms with E-state index >= 15 is 0 Å². The van der Waals surface area contributed by atoms with Crippen LogP contribution in [0.3, 0.4) is 0 Å². The minimum atomic E-state index is -3.91. The normalized spacial score (nSPS) is 13.3. The molecule has 0 amide bonds. The average molecular weight is 329 g/mol. The van der Waals surface area contributed by atoms with Crippen LogP contribution in [0.15, 0.2) is 15.7 Å². The fraction of sp³-hybridized carbons (Fsp3) is 0.333. The molecule has 0 bridgehead atoms. The van der Waals surface area contributed by atoms with Gasteiger partial charge in [0, 0.05) is 11.3 Å². The van der Waals surface area contributed by atoms with Gasteiger partial charge in [0.15, 0.2) is 0 Å². The number of carboxylic acid groups (broad SMARTS) is 1. The van der Waals surface area contributed by atoms with Crippen LogP contribution in [-0.2, 0) is 14.8 Å². The number of rotatable bonds is 5. The molecule has 114 valence electrons. The Morgan fingerprint density at radius 1 is 1.43 bits per heavy atom. The number of carbonyl (C=O) groups is 1. The number of nitrogens with one attached hydrogen (secondary N) is 2. The first kappa shape index (κ1) is 15.7. The molecule has 0 spiro atoms. The summed E-state index contributed by atoms with van der Waals surface area (Å²) in [4.78, 5) is 11.5. The van der Waals surface area contributed by atoms with Crippen molar-refractivity contribution in [2.24, 2.45) is 0 Å². The van der Waals surface area contributed by atoms with Crippen LogP contribution in [0, 0.1) is 20.8 Å². The molecule has 0 unspecified atom stereocenters. The summed E-state index contributed by atoms with van der Waals surface area (Å²) in [5, 5.41) is 17.6. The Labute approximate surface area is 126 Å². The third kappa shape index (κ3) is 2.99. The van der Waals surface area contributed by atoms with Crippen molar-refractivity contribution < 1.29 is 18.3 Å². The van der Waals surface area contributed by atoms with Crippen molar-refractivity contribution in [1.82, 2.24) is 14.9 Å². The molecule has 2 rings (SSSR count). The molecule has 2 heterocycles. The summed E-state index contributed by atoms with van der Waals surface area (Å²) in [5.74, 6) is -1.28. The summed E-state index contributed by atoms with van der Waals surface area (Å²) in [6.07, 6.45) is 0. The van der Waals surface area contributed by atoms with Gasteiger partial charge in [0.2, 0.25) is 0 Å². The Morgan fingerprint density at radius 3 is 2.52 bits per heavy atom. The lowest BCUT2D eigenvalue weighted by molar-refractivity contribution is -0.139. The second kappa shape index (κ2) is 5.58. The number of aliphatic carboxylic acids is 1. The van der Waals surface area contributed by atoms with Gasteiger partial charge in [0.05, 0.1) is 5.69 Å². The third-order valence-electron chi connectivity index (χ3n) is 3.05. The van der Waals surface area contributed by atoms with Crippen LogP contribution < -0.4 is 4.72 Å². The number of H-pyrrole nitrogens is 1. The minimum Gasteiger partial charge on any atom is -0.480 e. The van der Waals surface area contributed by atoms with E-state index in [2.05, 4.69) is 14.9 Å². The lowest BCUT2D eigenvalue weighted by atomic mass is 10.1. The predicted molar refractivity (Wildman–Crippen MR) is 77.8 cm³/mol. The lowest BCUT2D eigenvalue weighted by Gasteiger charge is -2.15. The van der Waals surface area contributed by atoms with Gasteiger partial charge < -0.3 is 5.11 Å². The third-order valence-corrected chi connectivity index (χ3v) is 6.16. The lowest BCUT2D eigenvalue weighted by Crippen LogP contribution is -2.34. The summed E-state index contributed by atoms with van der Waals surface area (Å²) in [6, 6.07) is 0.291. The summed E-state index contributed by atoms with van der Waals surface area (Å²) in [5.41, 5.74) is 1.88. The standard InChI is InChI=1S/C12H15N3O4S2/c1-6-4-5-20-12(6)21(18,19)15-10(11(16)17)9-7(2)13-14-8(9)3/h4-5,10,15H,1-3H3,(H,13,14)(H,16,17)/t10-/m0/s1. The SMILES string of the molecule is Cc1ccsc1S(=O)(=O)N[C@H](C(=O)O)c1c(C)n[nH]c1C. The van der Waals surface area contributed by atoms with E-state index in [4.69, 9.17) is 0 Å². The van der Waals surface area contributed by atoms with Gasteiger partial charge in [0.25, 0.3) is 10.0 Å². The number of carboxylic acids is 1. The molecule has 0 saturated heterocycles. The molecule has 2 aromatic rings. The van der Waals surface area contributed by atoms with Crippen LogP contribution in [0.4, 0.5) is 0 Å². The van der Waals surface area contributed by atoms with E-state index < -0.39 is 22.0 Å². The number of aromatic nitrogens is 2. The predicted octanol–water partition coefficient (Wildman–Crippen LogP) is 1.50. The molecule has 0 saturated carbocycles. The van der Waals surface area contributed by atoms with Gasteiger partial charge in [0.1, 0.15) is 10.3 Å². The second-order valence-electron chi connectivity index (χ2n) is 4.63. The van der Waals surface area contributed by atoms with Crippen LogP contribution in [0.5, 0.6) is 0 Å². The topological polar surface area (TPSA) is 112 Å². The molecular formula is C12H15N3O4S2. The van der Waals surface area contributed by atoms with Gasteiger partial charge in [-0.25, -0.2) is 8.42 Å². The molecule has 7 nitrogen and oxygen atoms in total. The number of sulfonamides is 1. The van der Waals surface area contributed by atoms with Crippen molar-refractivity contribution in [3.05, 3.63) is 34.0 Å². The first-order valence-corrected chi connectivity index (χ1v) is 8.41. The maximum Gasteiger partial charge on any atom is 0.326 e. The second-order valence-corrected chi connectivity index (χ2v) is 7.46. The molecule has 0 aromatic carbocycles. The number of hydrogen-bond donors (Lipinski definition) is 3. The Morgan fingerprint density at radius 2 is 2.10 bits per heavy atom. The van der Waals surface area contributed by atoms with Crippen molar-refractivity contribution in [2.45, 2.75) is 31.0 Å². The van der Waals surface area contributed by atoms with Crippen LogP contribution in [0.2, 0.25) is 0 Å². The zero-order chi connectivity index (χ0) is 15.8. The van der Waals surface area contributed by atoms with Crippen LogP contribution in [0.25, 0.3) is 0 Å². The summed E-state index contributed by atoms with van der Waals surface area (Å²) in [6.45, 7) is 4.94. The highest BCUT2D eigenvalue weighted by Crippen LogP contribution is 2.26. The van der Waals surface area contributed by atoms with E-state index in [1.165, 1.54) is 0 Å². The van der Waals surface area contributed by atoms with Crippen molar-refractivity contribution in [3.8, 4) is 0 Å². The monoisotopic (exact) mass is 329 g/mol. The van der Waals surface area contributed by atoms with Crippen molar-refractivity contribution in [2.75, 3.05) is 0 Å². The first-order chi connectivity index (χ1) is 9.74. The summed E-state index contributed by atoms with van der Waals surface area (Å²) < 4.78 is 27.1. The van der Waals surface area contributed by atoms with E-state index in [1.807, 2.05) is 0 Å². The molecule has 3 N–H and O–H groups in total. The molecule has 0 aliphatic heterocycles. The van der Waals surface area contributed by atoms with E-state index in [-0.39, 0.29) is 4.21 Å². The van der Waals surface area contributed by atoms with Crippen LogP contribution >= 0.6 is 11.3 Å². The quantitative estimate of drug-likeness (QED) is 0.769. The molecule has 0 aliphatic carbocycles. The van der Waals surface area contributed by atoms with Gasteiger partial charge in [-0.2, -0.15) is 9.82 Å². The fourth-order valence-corrected chi connectivity index (χ4v) is 4.66. The molecule has 0 radical (unpaired) electrons. The van der Waals surface area contributed by atoms with E-state index in [0.717, 1.165) is 11.3 Å². The van der Waals surface area contributed by atoms with Crippen molar-refractivity contribution >= 4 is 27.3 Å². The zero-order valence-corrected chi connectivity index (χ0v) is 13.3. The maximum atomic E-state index is 12.4. The summed E-state index contributed by atoms with van der Waals surface area (Å²) in [7, 11) is -3.91. The molecule has 0 fully saturated rings. The fourth-order valence-electron chi connectivity index (χ4n) is 2.06. The first-order valence-electron chi connectivity index (χ1n) is 6.04. The molecule has 0 aliphatic rings. The molecule has 21 heavy (non-hydrogen) atoms. The molecule has 9 heteroatoms. The van der Waals surface area contributed by atoms with Crippen LogP contribution in [-0.4, -0.2) is 29.7 Å². The van der Waals surface area contributed by atoms with Gasteiger partial charge in [-0.1, -0.05) is 0 Å². The Hall–Kier alpha value is -1.71. The number of thiophene rings is 1. The molecule has 1 atom stereocenters. The summed E-state index contributed by atoms with van der Waals surface area (Å²) >= 11 is 1.05. The van der Waals surface area contributed by atoms with E-state index in [0.29, 0.717) is 22.5 Å². The largest absolute Gasteiger partial charge is 0.480 e. The van der Waals surface area contributed by atoms with Crippen molar-refractivity contribution in [1.29, 1.82) is 0 Å². The highest BCUT2D eigenvalue weighted by molar-refractivity contribution is 7.91. The highest BCUT2D eigenvalue weighted by atomic mass is 32.2. The Kier molecular flexibility index (Phi) is 4.17. The van der Waals surface area contributed by atoms with E-state index in [1.54, 1.807) is 32.2 Å². The number of hydrogen-bond acceptors (Lipinski definition) is 5. The zero-order valence-electron chi connectivity index (χ0n) is 11.7. The van der Waals surface area contributed by atoms with Gasteiger partial charge >= 0.3 is 5.97 Å². The Bertz CT molecular complexity index is 757. The van der Waals surface area contributed by atoms with Gasteiger partial charge in [-0.05, 0) is 37.8 Å². The minimum absolute atomic E-state index is 0.118. The Balaban J connectivity index is 2.43. The maximum absolute atomic E-state index is 12.4. The smallest absolute Gasteiger partial charge is 0.326 e. The highest BCUT2D eigenvalue weighted by Gasteiger charge is 2.31. The number of aryl methyl sites for hydroxylation is 3. The molecular weight excluding hydrogens is 314 g/mol.